The Bertz CT molecular complexity index is 320. The van der Waals surface area contributed by atoms with Gasteiger partial charge in [-0.2, -0.15) is 0 Å². The first-order chi connectivity index (χ1) is 7.16. The van der Waals surface area contributed by atoms with Crippen LogP contribution in [0.4, 0.5) is 5.69 Å². The smallest absolute Gasteiger partial charge is 0.130 e. The van der Waals surface area contributed by atoms with Gasteiger partial charge in [0.25, 0.3) is 0 Å². The van der Waals surface area contributed by atoms with Gasteiger partial charge in [0.2, 0.25) is 0 Å². The molecule has 1 saturated heterocycles. The summed E-state index contributed by atoms with van der Waals surface area (Å²) in [5, 5.41) is 0. The Morgan fingerprint density at radius 2 is 2.07 bits per heavy atom. The molecule has 1 aromatic rings. The van der Waals surface area contributed by atoms with Gasteiger partial charge < -0.3 is 10.6 Å². The third kappa shape index (κ3) is 2.26. The Balaban J connectivity index is 2.10. The fourth-order valence-electron chi connectivity index (χ4n) is 1.81. The maximum Gasteiger partial charge on any atom is 0.130 e. The maximum atomic E-state index is 5.86. The first-order valence-electron chi connectivity index (χ1n) is 5.49. The third-order valence-corrected chi connectivity index (χ3v) is 2.76. The molecule has 0 spiro atoms. The fourth-order valence-corrected chi connectivity index (χ4v) is 1.81. The van der Waals surface area contributed by atoms with Gasteiger partial charge in [0.05, 0.1) is 18.1 Å². The van der Waals surface area contributed by atoms with Crippen LogP contribution in [0.3, 0.4) is 0 Å². The van der Waals surface area contributed by atoms with E-state index in [0.717, 1.165) is 31.0 Å². The van der Waals surface area contributed by atoms with E-state index in [2.05, 4.69) is 28.7 Å². The van der Waals surface area contributed by atoms with Crippen molar-refractivity contribution in [1.29, 1.82) is 0 Å². The summed E-state index contributed by atoms with van der Waals surface area (Å²) in [4.78, 5) is 11.0. The zero-order valence-electron chi connectivity index (χ0n) is 9.35. The molecule has 0 unspecified atom stereocenters. The van der Waals surface area contributed by atoms with Crippen LogP contribution in [-0.2, 0) is 0 Å². The van der Waals surface area contributed by atoms with Crippen molar-refractivity contribution in [2.75, 3.05) is 18.0 Å². The molecule has 1 aromatic heterocycles. The van der Waals surface area contributed by atoms with Crippen molar-refractivity contribution in [3.05, 3.63) is 18.2 Å². The minimum Gasteiger partial charge on any atom is -0.367 e. The molecule has 82 valence electrons. The van der Waals surface area contributed by atoms with Crippen LogP contribution in [-0.4, -0.2) is 29.1 Å². The summed E-state index contributed by atoms with van der Waals surface area (Å²) in [5.74, 6) is 1.29. The average molecular weight is 206 g/mol. The highest BCUT2D eigenvalue weighted by Gasteiger charge is 2.19. The van der Waals surface area contributed by atoms with Crippen LogP contribution in [0.2, 0.25) is 0 Å². The number of aromatic nitrogens is 2. The molecule has 2 N–H and O–H groups in total. The molecule has 0 aromatic carbocycles. The van der Waals surface area contributed by atoms with Gasteiger partial charge in [-0.05, 0) is 6.42 Å². The largest absolute Gasteiger partial charge is 0.367 e. The standard InChI is InChI=1S/C11H18N4/c1-8(2)11-13-5-10(6-14-11)15-4-3-9(12)7-15/h5-6,8-9H,3-4,7,12H2,1-2H3/t9-/m1/s1. The predicted octanol–water partition coefficient (Wildman–Crippen LogP) is 1.14. The second kappa shape index (κ2) is 4.14. The van der Waals surface area contributed by atoms with Gasteiger partial charge in [0.15, 0.2) is 0 Å². The lowest BCUT2D eigenvalue weighted by Gasteiger charge is -2.17. The van der Waals surface area contributed by atoms with E-state index in [1.54, 1.807) is 0 Å². The Hall–Kier alpha value is -1.16. The lowest BCUT2D eigenvalue weighted by molar-refractivity contribution is 0.750. The molecule has 0 saturated carbocycles. The summed E-state index contributed by atoms with van der Waals surface area (Å²) in [6.07, 6.45) is 4.87. The van der Waals surface area contributed by atoms with Crippen LogP contribution in [0.1, 0.15) is 32.0 Å². The van der Waals surface area contributed by atoms with Gasteiger partial charge in [0, 0.05) is 25.0 Å². The number of nitrogens with zero attached hydrogens (tertiary/aromatic N) is 3. The van der Waals surface area contributed by atoms with Crippen molar-refractivity contribution < 1.29 is 0 Å². The summed E-state index contributed by atoms with van der Waals surface area (Å²) >= 11 is 0. The van der Waals surface area contributed by atoms with Gasteiger partial charge in [-0.3, -0.25) is 0 Å². The molecule has 0 amide bonds. The molecule has 1 aliphatic heterocycles. The fraction of sp³-hybridized carbons (Fsp3) is 0.636. The van der Waals surface area contributed by atoms with Crippen LogP contribution in [0, 0.1) is 0 Å². The lowest BCUT2D eigenvalue weighted by atomic mass is 10.2. The van der Waals surface area contributed by atoms with Gasteiger partial charge in [0.1, 0.15) is 5.82 Å². The number of rotatable bonds is 2. The molecule has 2 heterocycles. The first kappa shape index (κ1) is 10.4. The van der Waals surface area contributed by atoms with Crippen molar-refractivity contribution in [2.45, 2.75) is 32.2 Å². The molecule has 0 bridgehead atoms. The molecule has 4 heteroatoms. The molecule has 0 radical (unpaired) electrons. The highest BCUT2D eigenvalue weighted by atomic mass is 15.2. The minimum atomic E-state index is 0.301. The Labute approximate surface area is 90.5 Å². The van der Waals surface area contributed by atoms with Crippen molar-refractivity contribution in [1.82, 2.24) is 9.97 Å². The van der Waals surface area contributed by atoms with E-state index in [4.69, 9.17) is 5.73 Å². The summed E-state index contributed by atoms with van der Waals surface area (Å²) < 4.78 is 0. The second-order valence-corrected chi connectivity index (χ2v) is 4.45. The van der Waals surface area contributed by atoms with E-state index in [1.165, 1.54) is 0 Å². The third-order valence-electron chi connectivity index (χ3n) is 2.76. The molecule has 1 atom stereocenters. The molecule has 0 aliphatic carbocycles. The quantitative estimate of drug-likeness (QED) is 0.788. The zero-order valence-corrected chi connectivity index (χ0v) is 9.35. The second-order valence-electron chi connectivity index (χ2n) is 4.45. The molecule has 4 nitrogen and oxygen atoms in total. The SMILES string of the molecule is CC(C)c1ncc(N2CC[C@@H](N)C2)cn1. The van der Waals surface area contributed by atoms with E-state index in [1.807, 2.05) is 12.4 Å². The Kier molecular flexibility index (Phi) is 2.86. The van der Waals surface area contributed by atoms with E-state index in [0.29, 0.717) is 12.0 Å². The number of nitrogens with two attached hydrogens (primary N) is 1. The first-order valence-corrected chi connectivity index (χ1v) is 5.49. The van der Waals surface area contributed by atoms with E-state index >= 15 is 0 Å². The normalized spacial score (nSPS) is 21.3. The van der Waals surface area contributed by atoms with Crippen LogP contribution in [0.15, 0.2) is 12.4 Å². The average Bonchev–Trinajstić information content (AvgIpc) is 2.65. The Morgan fingerprint density at radius 3 is 2.53 bits per heavy atom. The van der Waals surface area contributed by atoms with Gasteiger partial charge in [-0.15, -0.1) is 0 Å². The Morgan fingerprint density at radius 1 is 1.40 bits per heavy atom. The highest BCUT2D eigenvalue weighted by molar-refractivity contribution is 5.43. The van der Waals surface area contributed by atoms with Gasteiger partial charge in [-0.1, -0.05) is 13.8 Å². The molecule has 2 rings (SSSR count). The van der Waals surface area contributed by atoms with Gasteiger partial charge >= 0.3 is 0 Å². The topological polar surface area (TPSA) is 55.0 Å². The summed E-state index contributed by atoms with van der Waals surface area (Å²) in [7, 11) is 0. The maximum absolute atomic E-state index is 5.86. The minimum absolute atomic E-state index is 0.301. The van der Waals surface area contributed by atoms with Crippen LogP contribution in [0.5, 0.6) is 0 Å². The zero-order chi connectivity index (χ0) is 10.8. The van der Waals surface area contributed by atoms with Crippen molar-refractivity contribution in [2.24, 2.45) is 5.73 Å². The lowest BCUT2D eigenvalue weighted by Crippen LogP contribution is -2.26. The molecular formula is C11H18N4. The number of hydrogen-bond acceptors (Lipinski definition) is 4. The van der Waals surface area contributed by atoms with Crippen molar-refractivity contribution in [3.63, 3.8) is 0 Å². The molecule has 15 heavy (non-hydrogen) atoms. The van der Waals surface area contributed by atoms with Crippen LogP contribution >= 0.6 is 0 Å². The number of anilines is 1. The van der Waals surface area contributed by atoms with Crippen molar-refractivity contribution >= 4 is 5.69 Å². The number of hydrogen-bond donors (Lipinski definition) is 1. The predicted molar refractivity (Wildman–Crippen MR) is 60.9 cm³/mol. The van der Waals surface area contributed by atoms with Crippen molar-refractivity contribution in [3.8, 4) is 0 Å². The van der Waals surface area contributed by atoms with Crippen LogP contribution in [0.25, 0.3) is 0 Å². The van der Waals surface area contributed by atoms with Gasteiger partial charge in [-0.25, -0.2) is 9.97 Å². The molecule has 1 fully saturated rings. The highest BCUT2D eigenvalue weighted by Crippen LogP contribution is 2.18. The monoisotopic (exact) mass is 206 g/mol. The molecular weight excluding hydrogens is 188 g/mol. The van der Waals surface area contributed by atoms with E-state index in [-0.39, 0.29) is 0 Å². The summed E-state index contributed by atoms with van der Waals surface area (Å²) in [6.45, 7) is 6.14. The van der Waals surface area contributed by atoms with E-state index < -0.39 is 0 Å². The van der Waals surface area contributed by atoms with E-state index in [9.17, 15) is 0 Å². The van der Waals surface area contributed by atoms with Crippen LogP contribution < -0.4 is 10.6 Å². The summed E-state index contributed by atoms with van der Waals surface area (Å²) in [6, 6.07) is 0.301. The summed E-state index contributed by atoms with van der Waals surface area (Å²) in [5.41, 5.74) is 6.95. The molecule has 1 aliphatic rings.